The number of rotatable bonds is 9. The summed E-state index contributed by atoms with van der Waals surface area (Å²) in [6, 6.07) is 9.09. The van der Waals surface area contributed by atoms with Gasteiger partial charge in [-0.05, 0) is 110 Å². The quantitative estimate of drug-likeness (QED) is 0.225. The van der Waals surface area contributed by atoms with Crippen molar-refractivity contribution in [1.82, 2.24) is 5.32 Å². The zero-order valence-corrected chi connectivity index (χ0v) is 21.3. The summed E-state index contributed by atoms with van der Waals surface area (Å²) in [5.74, 6) is 1.94. The van der Waals surface area contributed by atoms with Crippen molar-refractivity contribution >= 4 is 29.7 Å². The standard InChI is InChI=1S/C29H32ClNO6/c30-23-11-17(2-5-26(33)34)12-25(37-7-1-6-31-28(35)36)27(23)21-3-4-24(32)22(13-21)29-14-18-8-19(15-29)10-20(9-18)16-29/h2-5,11-13,18-20,31-32H,1,6-10,14-16H2,(H,33,34)(H,35,36)/b5-2+. The first-order chi connectivity index (χ1) is 17.7. The molecule has 0 heterocycles. The highest BCUT2D eigenvalue weighted by Gasteiger charge is 2.52. The van der Waals surface area contributed by atoms with E-state index < -0.39 is 12.1 Å². The molecule has 0 saturated heterocycles. The molecule has 4 saturated carbocycles. The minimum Gasteiger partial charge on any atom is -0.508 e. The molecule has 0 aromatic heterocycles. The normalized spacial score (nSPS) is 25.9. The summed E-state index contributed by atoms with van der Waals surface area (Å²) in [5, 5.41) is 31.6. The van der Waals surface area contributed by atoms with E-state index in [1.54, 1.807) is 18.2 Å². The van der Waals surface area contributed by atoms with Crippen LogP contribution < -0.4 is 10.1 Å². The van der Waals surface area contributed by atoms with E-state index in [-0.39, 0.29) is 18.6 Å². The van der Waals surface area contributed by atoms with Crippen molar-refractivity contribution in [2.45, 2.75) is 50.4 Å². The van der Waals surface area contributed by atoms with Crippen LogP contribution in [0.2, 0.25) is 5.02 Å². The molecule has 37 heavy (non-hydrogen) atoms. The Balaban J connectivity index is 1.50. The lowest BCUT2D eigenvalue weighted by Gasteiger charge is -2.57. The van der Waals surface area contributed by atoms with Crippen LogP contribution in [0.25, 0.3) is 17.2 Å². The fourth-order valence-corrected chi connectivity index (χ4v) is 7.59. The second-order valence-corrected chi connectivity index (χ2v) is 11.3. The molecule has 0 atom stereocenters. The van der Waals surface area contributed by atoms with Gasteiger partial charge in [-0.1, -0.05) is 17.7 Å². The minimum atomic E-state index is -1.09. The number of carboxylic acids is 1. The maximum Gasteiger partial charge on any atom is 0.404 e. The van der Waals surface area contributed by atoms with Crippen molar-refractivity contribution < 1.29 is 29.6 Å². The molecular formula is C29H32ClNO6. The highest BCUT2D eigenvalue weighted by atomic mass is 35.5. The van der Waals surface area contributed by atoms with Crippen LogP contribution in [0, 0.1) is 17.8 Å². The topological polar surface area (TPSA) is 116 Å². The number of nitrogens with one attached hydrogen (secondary N) is 1. The molecule has 1 amide bonds. The SMILES string of the molecule is O=C(O)/C=C/c1cc(Cl)c(-c2ccc(O)c(C34CC5CC(CC(C5)C3)C4)c2)c(OCCCNC(=O)O)c1. The highest BCUT2D eigenvalue weighted by Crippen LogP contribution is 2.62. The van der Waals surface area contributed by atoms with Crippen molar-refractivity contribution in [2.24, 2.45) is 17.8 Å². The number of carboxylic acid groups (broad SMARTS) is 2. The van der Waals surface area contributed by atoms with Crippen molar-refractivity contribution in [3.63, 3.8) is 0 Å². The summed E-state index contributed by atoms with van der Waals surface area (Å²) in [4.78, 5) is 21.8. The third kappa shape index (κ3) is 5.42. The average Bonchev–Trinajstić information content (AvgIpc) is 2.82. The van der Waals surface area contributed by atoms with Gasteiger partial charge in [0.1, 0.15) is 11.5 Å². The summed E-state index contributed by atoms with van der Waals surface area (Å²) in [6.07, 6.45) is 9.13. The molecule has 6 rings (SSSR count). The first kappa shape index (κ1) is 25.5. The third-order valence-corrected chi connectivity index (χ3v) is 8.54. The largest absolute Gasteiger partial charge is 0.508 e. The fraction of sp³-hybridized carbons (Fsp3) is 0.448. The minimum absolute atomic E-state index is 0.00495. The Hall–Kier alpha value is -3.19. The lowest BCUT2D eigenvalue weighted by atomic mass is 9.48. The van der Waals surface area contributed by atoms with Crippen LogP contribution in [0.1, 0.15) is 56.1 Å². The predicted molar refractivity (Wildman–Crippen MR) is 141 cm³/mol. The number of hydrogen-bond acceptors (Lipinski definition) is 4. The maximum atomic E-state index is 11.0. The van der Waals surface area contributed by atoms with Crippen LogP contribution in [-0.4, -0.2) is 40.5 Å². The molecule has 0 aliphatic heterocycles. The average molecular weight is 526 g/mol. The summed E-state index contributed by atoms with van der Waals surface area (Å²) in [7, 11) is 0. The van der Waals surface area contributed by atoms with Crippen molar-refractivity contribution in [3.05, 3.63) is 52.6 Å². The van der Waals surface area contributed by atoms with E-state index in [0.717, 1.165) is 54.2 Å². The molecule has 4 aliphatic rings. The van der Waals surface area contributed by atoms with E-state index in [9.17, 15) is 14.7 Å². The monoisotopic (exact) mass is 525 g/mol. The summed E-state index contributed by atoms with van der Waals surface area (Å²) < 4.78 is 6.06. The van der Waals surface area contributed by atoms with Crippen molar-refractivity contribution in [3.8, 4) is 22.6 Å². The lowest BCUT2D eigenvalue weighted by molar-refractivity contribution is -0.131. The molecule has 8 heteroatoms. The van der Waals surface area contributed by atoms with Gasteiger partial charge in [0.05, 0.1) is 11.6 Å². The molecule has 4 fully saturated rings. The third-order valence-electron chi connectivity index (χ3n) is 8.24. The molecule has 2 aromatic carbocycles. The second kappa shape index (κ2) is 10.3. The molecule has 2 aromatic rings. The number of hydrogen-bond donors (Lipinski definition) is 4. The van der Waals surface area contributed by atoms with Crippen LogP contribution in [0.15, 0.2) is 36.4 Å². The number of ether oxygens (including phenoxy) is 1. The van der Waals surface area contributed by atoms with Gasteiger partial charge < -0.3 is 25.4 Å². The van der Waals surface area contributed by atoms with E-state index in [1.165, 1.54) is 25.3 Å². The predicted octanol–water partition coefficient (Wildman–Crippen LogP) is 6.31. The van der Waals surface area contributed by atoms with E-state index in [2.05, 4.69) is 11.4 Å². The Labute approximate surface area is 221 Å². The number of halogens is 1. The van der Waals surface area contributed by atoms with E-state index in [0.29, 0.717) is 34.1 Å². The first-order valence-corrected chi connectivity index (χ1v) is 13.3. The molecule has 4 bridgehead atoms. The van der Waals surface area contributed by atoms with Crippen LogP contribution >= 0.6 is 11.6 Å². The zero-order chi connectivity index (χ0) is 26.2. The Morgan fingerprint density at radius 2 is 1.73 bits per heavy atom. The number of amides is 1. The molecule has 0 radical (unpaired) electrons. The van der Waals surface area contributed by atoms with Crippen LogP contribution in [0.5, 0.6) is 11.5 Å². The zero-order valence-electron chi connectivity index (χ0n) is 20.6. The van der Waals surface area contributed by atoms with E-state index >= 15 is 0 Å². The van der Waals surface area contributed by atoms with E-state index in [4.69, 9.17) is 26.6 Å². The van der Waals surface area contributed by atoms with Gasteiger partial charge in [0, 0.05) is 23.7 Å². The molecule has 4 N–H and O–H groups in total. The Morgan fingerprint density at radius 1 is 1.05 bits per heavy atom. The number of benzene rings is 2. The van der Waals surface area contributed by atoms with Gasteiger partial charge in [-0.2, -0.15) is 0 Å². The molecular weight excluding hydrogens is 494 g/mol. The number of carbonyl (C=O) groups is 2. The van der Waals surface area contributed by atoms with Gasteiger partial charge >= 0.3 is 12.1 Å². The van der Waals surface area contributed by atoms with E-state index in [1.807, 2.05) is 6.07 Å². The molecule has 0 unspecified atom stereocenters. The number of phenolic OH excluding ortho intramolecular Hbond substituents is 1. The van der Waals surface area contributed by atoms with Gasteiger partial charge in [-0.15, -0.1) is 0 Å². The van der Waals surface area contributed by atoms with Crippen LogP contribution in [0.3, 0.4) is 0 Å². The number of aromatic hydroxyl groups is 1. The van der Waals surface area contributed by atoms with Gasteiger partial charge in [-0.25, -0.2) is 9.59 Å². The van der Waals surface area contributed by atoms with Gasteiger partial charge in [0.25, 0.3) is 0 Å². The molecule has 4 aliphatic carbocycles. The second-order valence-electron chi connectivity index (χ2n) is 10.9. The first-order valence-electron chi connectivity index (χ1n) is 12.9. The van der Waals surface area contributed by atoms with Gasteiger partial charge in [0.15, 0.2) is 0 Å². The van der Waals surface area contributed by atoms with Crippen LogP contribution in [0.4, 0.5) is 4.79 Å². The Kier molecular flexibility index (Phi) is 7.08. The van der Waals surface area contributed by atoms with Crippen molar-refractivity contribution in [2.75, 3.05) is 13.2 Å². The number of aliphatic carboxylic acids is 1. The van der Waals surface area contributed by atoms with Gasteiger partial charge in [-0.3, -0.25) is 0 Å². The molecule has 7 nitrogen and oxygen atoms in total. The fourth-order valence-electron chi connectivity index (χ4n) is 7.27. The lowest BCUT2D eigenvalue weighted by Crippen LogP contribution is -2.48. The molecule has 0 spiro atoms. The smallest absolute Gasteiger partial charge is 0.404 e. The van der Waals surface area contributed by atoms with Gasteiger partial charge in [0.2, 0.25) is 0 Å². The Bertz CT molecular complexity index is 1200. The summed E-state index contributed by atoms with van der Waals surface area (Å²) >= 11 is 6.76. The Morgan fingerprint density at radius 3 is 2.35 bits per heavy atom. The van der Waals surface area contributed by atoms with Crippen molar-refractivity contribution in [1.29, 1.82) is 0 Å². The van der Waals surface area contributed by atoms with Crippen LogP contribution in [-0.2, 0) is 10.2 Å². The summed E-state index contributed by atoms with van der Waals surface area (Å²) in [5.41, 5.74) is 3.07. The highest BCUT2D eigenvalue weighted by molar-refractivity contribution is 6.34. The number of phenols is 1. The summed E-state index contributed by atoms with van der Waals surface area (Å²) in [6.45, 7) is 0.488. The maximum absolute atomic E-state index is 11.0. The molecule has 196 valence electrons.